The first-order valence-corrected chi connectivity index (χ1v) is 4.79. The second-order valence-corrected chi connectivity index (χ2v) is 4.44. The van der Waals surface area contributed by atoms with E-state index in [1.54, 1.807) is 11.3 Å². The van der Waals surface area contributed by atoms with Crippen LogP contribution in [-0.4, -0.2) is 11.1 Å². The second kappa shape index (κ2) is 2.33. The van der Waals surface area contributed by atoms with Crippen molar-refractivity contribution < 1.29 is 9.90 Å². The van der Waals surface area contributed by atoms with Crippen molar-refractivity contribution >= 4 is 17.3 Å². The highest BCUT2D eigenvalue weighted by molar-refractivity contribution is 7.10. The Morgan fingerprint density at radius 1 is 1.83 bits per heavy atom. The lowest BCUT2D eigenvalue weighted by molar-refractivity contribution is -0.138. The molecular formula is C9H10O2S. The molecule has 1 saturated carbocycles. The molecule has 0 bridgehead atoms. The van der Waals surface area contributed by atoms with Crippen molar-refractivity contribution in [1.29, 1.82) is 0 Å². The first-order valence-electron chi connectivity index (χ1n) is 3.91. The minimum atomic E-state index is -0.661. The van der Waals surface area contributed by atoms with Gasteiger partial charge in [0.1, 0.15) is 0 Å². The van der Waals surface area contributed by atoms with E-state index in [0.717, 1.165) is 6.42 Å². The van der Waals surface area contributed by atoms with Gasteiger partial charge in [-0.15, -0.1) is 11.3 Å². The highest BCUT2D eigenvalue weighted by Crippen LogP contribution is 2.55. The average Bonchev–Trinajstić information content (AvgIpc) is 2.52. The minimum absolute atomic E-state index is 0.0694. The van der Waals surface area contributed by atoms with E-state index in [9.17, 15) is 4.79 Å². The summed E-state index contributed by atoms with van der Waals surface area (Å²) in [6.45, 7) is 2.03. The summed E-state index contributed by atoms with van der Waals surface area (Å²) < 4.78 is 0. The summed E-state index contributed by atoms with van der Waals surface area (Å²) in [4.78, 5) is 11.9. The molecule has 2 atom stereocenters. The van der Waals surface area contributed by atoms with Gasteiger partial charge < -0.3 is 5.11 Å². The molecule has 2 rings (SSSR count). The SMILES string of the molecule is C[C@]1(c2cccs2)C[C@H]1C(=O)O. The van der Waals surface area contributed by atoms with Crippen LogP contribution in [0.4, 0.5) is 0 Å². The van der Waals surface area contributed by atoms with E-state index in [4.69, 9.17) is 5.11 Å². The quantitative estimate of drug-likeness (QED) is 0.760. The van der Waals surface area contributed by atoms with Gasteiger partial charge in [-0.25, -0.2) is 0 Å². The molecule has 64 valence electrons. The Kier molecular flexibility index (Phi) is 1.51. The Labute approximate surface area is 74.8 Å². The molecule has 0 radical (unpaired) electrons. The lowest BCUT2D eigenvalue weighted by atomic mass is 10.1. The standard InChI is InChI=1S/C9H10O2S/c1-9(5-6(9)8(10)11)7-3-2-4-12-7/h2-4,6H,5H2,1H3,(H,10,11)/t6-,9-/m0/s1. The molecule has 1 aliphatic carbocycles. The van der Waals surface area contributed by atoms with Gasteiger partial charge in [-0.2, -0.15) is 0 Å². The monoisotopic (exact) mass is 182 g/mol. The summed E-state index contributed by atoms with van der Waals surface area (Å²) in [6, 6.07) is 4.00. The Morgan fingerprint density at radius 2 is 2.58 bits per heavy atom. The van der Waals surface area contributed by atoms with Crippen LogP contribution >= 0.6 is 11.3 Å². The van der Waals surface area contributed by atoms with Crippen molar-refractivity contribution in [2.45, 2.75) is 18.8 Å². The van der Waals surface area contributed by atoms with E-state index in [-0.39, 0.29) is 11.3 Å². The Balaban J connectivity index is 2.23. The van der Waals surface area contributed by atoms with Crippen molar-refractivity contribution in [1.82, 2.24) is 0 Å². The molecule has 0 aromatic carbocycles. The Hall–Kier alpha value is -0.830. The molecule has 0 saturated heterocycles. The number of hydrogen-bond acceptors (Lipinski definition) is 2. The number of carboxylic acid groups (broad SMARTS) is 1. The van der Waals surface area contributed by atoms with E-state index >= 15 is 0 Å². The third-order valence-electron chi connectivity index (χ3n) is 2.62. The van der Waals surface area contributed by atoms with Gasteiger partial charge >= 0.3 is 5.97 Å². The zero-order valence-corrected chi connectivity index (χ0v) is 7.60. The van der Waals surface area contributed by atoms with Gasteiger partial charge in [0, 0.05) is 10.3 Å². The van der Waals surface area contributed by atoms with Gasteiger partial charge in [0.25, 0.3) is 0 Å². The first kappa shape index (κ1) is 7.80. The average molecular weight is 182 g/mol. The number of thiophene rings is 1. The van der Waals surface area contributed by atoms with E-state index in [1.807, 2.05) is 24.4 Å². The first-order chi connectivity index (χ1) is 5.64. The molecule has 1 heterocycles. The third kappa shape index (κ3) is 0.966. The zero-order valence-electron chi connectivity index (χ0n) is 6.78. The lowest BCUT2D eigenvalue weighted by Crippen LogP contribution is -2.09. The summed E-state index contributed by atoms with van der Waals surface area (Å²) in [5.74, 6) is -0.818. The second-order valence-electron chi connectivity index (χ2n) is 3.49. The van der Waals surface area contributed by atoms with Crippen LogP contribution in [0.2, 0.25) is 0 Å². The van der Waals surface area contributed by atoms with Crippen LogP contribution in [0, 0.1) is 5.92 Å². The number of rotatable bonds is 2. The van der Waals surface area contributed by atoms with E-state index < -0.39 is 5.97 Å². The molecule has 1 aliphatic rings. The van der Waals surface area contributed by atoms with E-state index in [0.29, 0.717) is 0 Å². The Morgan fingerprint density at radius 3 is 3.00 bits per heavy atom. The zero-order chi connectivity index (χ0) is 8.77. The van der Waals surface area contributed by atoms with Crippen LogP contribution in [0.25, 0.3) is 0 Å². The molecule has 0 aliphatic heterocycles. The smallest absolute Gasteiger partial charge is 0.307 e. The van der Waals surface area contributed by atoms with Crippen molar-refractivity contribution in [3.63, 3.8) is 0 Å². The van der Waals surface area contributed by atoms with Gasteiger partial charge in [-0.1, -0.05) is 13.0 Å². The van der Waals surface area contributed by atoms with Crippen LogP contribution in [0.15, 0.2) is 17.5 Å². The molecule has 1 fully saturated rings. The maximum atomic E-state index is 10.7. The maximum absolute atomic E-state index is 10.7. The highest BCUT2D eigenvalue weighted by atomic mass is 32.1. The van der Waals surface area contributed by atoms with Gasteiger partial charge in [-0.05, 0) is 17.9 Å². The Bertz CT molecular complexity index is 304. The molecule has 1 aromatic rings. The molecular weight excluding hydrogens is 172 g/mol. The van der Waals surface area contributed by atoms with Gasteiger partial charge in [0.2, 0.25) is 0 Å². The predicted octanol–water partition coefficient (Wildman–Crippen LogP) is 2.11. The van der Waals surface area contributed by atoms with Crippen molar-refractivity contribution in [3.8, 4) is 0 Å². The van der Waals surface area contributed by atoms with Crippen molar-refractivity contribution in [3.05, 3.63) is 22.4 Å². The minimum Gasteiger partial charge on any atom is -0.481 e. The number of hydrogen-bond donors (Lipinski definition) is 1. The van der Waals surface area contributed by atoms with E-state index in [2.05, 4.69) is 0 Å². The molecule has 1 aromatic heterocycles. The normalized spacial score (nSPS) is 33.2. The molecule has 0 unspecified atom stereocenters. The summed E-state index contributed by atoms with van der Waals surface area (Å²) in [5, 5.41) is 10.8. The molecule has 1 N–H and O–H groups in total. The molecule has 12 heavy (non-hydrogen) atoms. The van der Waals surface area contributed by atoms with Gasteiger partial charge in [0.05, 0.1) is 5.92 Å². The van der Waals surface area contributed by atoms with Gasteiger partial charge in [-0.3, -0.25) is 4.79 Å². The number of carboxylic acids is 1. The number of aliphatic carboxylic acids is 1. The highest BCUT2D eigenvalue weighted by Gasteiger charge is 2.56. The maximum Gasteiger partial charge on any atom is 0.307 e. The van der Waals surface area contributed by atoms with Gasteiger partial charge in [0.15, 0.2) is 0 Å². The molecule has 0 spiro atoms. The fourth-order valence-electron chi connectivity index (χ4n) is 1.60. The van der Waals surface area contributed by atoms with Crippen LogP contribution in [-0.2, 0) is 10.2 Å². The van der Waals surface area contributed by atoms with Crippen molar-refractivity contribution in [2.24, 2.45) is 5.92 Å². The van der Waals surface area contributed by atoms with Crippen LogP contribution in [0.3, 0.4) is 0 Å². The van der Waals surface area contributed by atoms with Crippen LogP contribution in [0.5, 0.6) is 0 Å². The van der Waals surface area contributed by atoms with Crippen LogP contribution < -0.4 is 0 Å². The van der Waals surface area contributed by atoms with E-state index in [1.165, 1.54) is 4.88 Å². The topological polar surface area (TPSA) is 37.3 Å². The number of carbonyl (C=O) groups is 1. The fraction of sp³-hybridized carbons (Fsp3) is 0.444. The summed E-state index contributed by atoms with van der Waals surface area (Å²) >= 11 is 1.65. The predicted molar refractivity (Wildman–Crippen MR) is 47.4 cm³/mol. The summed E-state index contributed by atoms with van der Waals surface area (Å²) in [7, 11) is 0. The molecule has 3 heteroatoms. The van der Waals surface area contributed by atoms with Crippen LogP contribution in [0.1, 0.15) is 18.2 Å². The largest absolute Gasteiger partial charge is 0.481 e. The third-order valence-corrected chi connectivity index (χ3v) is 3.77. The fourth-order valence-corrected chi connectivity index (χ4v) is 2.56. The van der Waals surface area contributed by atoms with Crippen molar-refractivity contribution in [2.75, 3.05) is 0 Å². The molecule has 0 amide bonds. The summed E-state index contributed by atoms with van der Waals surface area (Å²) in [6.07, 6.45) is 0.794. The lowest BCUT2D eigenvalue weighted by Gasteiger charge is -2.04. The summed E-state index contributed by atoms with van der Waals surface area (Å²) in [5.41, 5.74) is -0.0694. The molecule has 2 nitrogen and oxygen atoms in total.